The second-order valence-electron chi connectivity index (χ2n) is 6.85. The van der Waals surface area contributed by atoms with Gasteiger partial charge in [-0.3, -0.25) is 14.6 Å². The third-order valence-corrected chi connectivity index (χ3v) is 3.83. The second-order valence-corrected chi connectivity index (χ2v) is 6.85. The van der Waals surface area contributed by atoms with Crippen molar-refractivity contribution >= 4 is 23.7 Å². The minimum atomic E-state index is -1.17. The zero-order chi connectivity index (χ0) is 20.4. The monoisotopic (exact) mass is 372 g/mol. The summed E-state index contributed by atoms with van der Waals surface area (Å²) in [4.78, 5) is 39.7. The molecule has 26 heavy (non-hydrogen) atoms. The van der Waals surface area contributed by atoms with Crippen molar-refractivity contribution in [2.24, 2.45) is 34.0 Å². The topological polar surface area (TPSA) is 186 Å². The van der Waals surface area contributed by atoms with E-state index in [-0.39, 0.29) is 30.8 Å². The van der Waals surface area contributed by atoms with E-state index in [0.717, 1.165) is 0 Å². The summed E-state index contributed by atoms with van der Waals surface area (Å²) in [5, 5.41) is 14.3. The Kier molecular flexibility index (Phi) is 10.3. The molecule has 150 valence electrons. The predicted octanol–water partition coefficient (Wildman–Crippen LogP) is -1.27. The van der Waals surface area contributed by atoms with E-state index in [4.69, 9.17) is 17.2 Å². The third kappa shape index (κ3) is 8.65. The molecule has 0 aromatic carbocycles. The molecule has 2 amide bonds. The highest BCUT2D eigenvalue weighted by atomic mass is 16.4. The Bertz CT molecular complexity index is 517. The summed E-state index contributed by atoms with van der Waals surface area (Å²) in [5.74, 6) is -2.60. The molecule has 0 radical (unpaired) electrons. The molecule has 0 spiro atoms. The standard InChI is InChI=1S/C16H32N6O4/c1-8(2)11(17)13(23)22-12(9(3)4)14(24)21-10(15(25)26)6-5-7-20-16(18)19/h8-12H,5-7,17H2,1-4H3,(H,21,24)(H,22,23)(H,25,26)(H4,18,19,20). The fraction of sp³-hybridized carbons (Fsp3) is 0.750. The average molecular weight is 372 g/mol. The first-order chi connectivity index (χ1) is 12.0. The van der Waals surface area contributed by atoms with Gasteiger partial charge in [-0.05, 0) is 24.7 Å². The molecule has 10 nitrogen and oxygen atoms in total. The van der Waals surface area contributed by atoms with Crippen molar-refractivity contribution < 1.29 is 19.5 Å². The Morgan fingerprint density at radius 3 is 2.00 bits per heavy atom. The van der Waals surface area contributed by atoms with Crippen molar-refractivity contribution in [1.29, 1.82) is 0 Å². The van der Waals surface area contributed by atoms with E-state index in [2.05, 4.69) is 15.6 Å². The van der Waals surface area contributed by atoms with Crippen LogP contribution >= 0.6 is 0 Å². The molecular weight excluding hydrogens is 340 g/mol. The lowest BCUT2D eigenvalue weighted by atomic mass is 9.99. The lowest BCUT2D eigenvalue weighted by molar-refractivity contribution is -0.142. The molecule has 0 aliphatic carbocycles. The van der Waals surface area contributed by atoms with Crippen LogP contribution in [-0.4, -0.2) is 53.5 Å². The Labute approximate surface area is 154 Å². The number of aliphatic carboxylic acids is 1. The first-order valence-corrected chi connectivity index (χ1v) is 8.61. The van der Waals surface area contributed by atoms with E-state index < -0.39 is 35.9 Å². The molecule has 0 saturated carbocycles. The maximum atomic E-state index is 12.5. The summed E-state index contributed by atoms with van der Waals surface area (Å²) < 4.78 is 0. The van der Waals surface area contributed by atoms with Crippen molar-refractivity contribution in [3.8, 4) is 0 Å². The fourth-order valence-corrected chi connectivity index (χ4v) is 2.11. The number of nitrogens with two attached hydrogens (primary N) is 3. The first kappa shape index (κ1) is 23.6. The Morgan fingerprint density at radius 2 is 1.58 bits per heavy atom. The van der Waals surface area contributed by atoms with Gasteiger partial charge in [-0.15, -0.1) is 0 Å². The van der Waals surface area contributed by atoms with Gasteiger partial charge in [0.25, 0.3) is 0 Å². The van der Waals surface area contributed by atoms with E-state index in [1.165, 1.54) is 0 Å². The number of nitrogens with zero attached hydrogens (tertiary/aromatic N) is 1. The van der Waals surface area contributed by atoms with Crippen LogP contribution in [0.25, 0.3) is 0 Å². The summed E-state index contributed by atoms with van der Waals surface area (Å²) in [5.41, 5.74) is 16.2. The maximum Gasteiger partial charge on any atom is 0.326 e. The van der Waals surface area contributed by atoms with Crippen molar-refractivity contribution in [1.82, 2.24) is 10.6 Å². The smallest absolute Gasteiger partial charge is 0.326 e. The lowest BCUT2D eigenvalue weighted by Crippen LogP contribution is -2.57. The minimum Gasteiger partial charge on any atom is -0.480 e. The van der Waals surface area contributed by atoms with E-state index >= 15 is 0 Å². The Morgan fingerprint density at radius 1 is 1.00 bits per heavy atom. The Balaban J connectivity index is 4.90. The van der Waals surface area contributed by atoms with Crippen LogP contribution < -0.4 is 27.8 Å². The van der Waals surface area contributed by atoms with Crippen molar-refractivity contribution in [3.63, 3.8) is 0 Å². The van der Waals surface area contributed by atoms with Crippen LogP contribution in [-0.2, 0) is 14.4 Å². The molecule has 0 heterocycles. The normalized spacial score (nSPS) is 14.4. The van der Waals surface area contributed by atoms with Gasteiger partial charge < -0.3 is 32.9 Å². The summed E-state index contributed by atoms with van der Waals surface area (Å²) in [7, 11) is 0. The molecule has 0 saturated heterocycles. The number of rotatable bonds is 11. The van der Waals surface area contributed by atoms with Gasteiger partial charge in [0.1, 0.15) is 12.1 Å². The van der Waals surface area contributed by atoms with Crippen LogP contribution in [0.3, 0.4) is 0 Å². The summed E-state index contributed by atoms with van der Waals surface area (Å²) in [6.45, 7) is 7.35. The zero-order valence-corrected chi connectivity index (χ0v) is 15.9. The van der Waals surface area contributed by atoms with Crippen molar-refractivity contribution in [2.75, 3.05) is 6.54 Å². The van der Waals surface area contributed by atoms with Crippen LogP contribution in [0, 0.1) is 11.8 Å². The molecule has 0 aliphatic heterocycles. The maximum absolute atomic E-state index is 12.5. The third-order valence-electron chi connectivity index (χ3n) is 3.83. The average Bonchev–Trinajstić information content (AvgIpc) is 2.53. The minimum absolute atomic E-state index is 0.0787. The number of hydrogen-bond acceptors (Lipinski definition) is 5. The molecule has 9 N–H and O–H groups in total. The van der Waals surface area contributed by atoms with Crippen LogP contribution in [0.4, 0.5) is 0 Å². The first-order valence-electron chi connectivity index (χ1n) is 8.61. The van der Waals surface area contributed by atoms with E-state index in [1.807, 2.05) is 0 Å². The molecule has 0 aromatic rings. The SMILES string of the molecule is CC(C)C(N)C(=O)NC(C(=O)NC(CCCN=C(N)N)C(=O)O)C(C)C. The van der Waals surface area contributed by atoms with Gasteiger partial charge in [-0.1, -0.05) is 27.7 Å². The molecule has 10 heteroatoms. The molecule has 3 unspecified atom stereocenters. The number of aliphatic imine (C=N–C) groups is 1. The van der Waals surface area contributed by atoms with Gasteiger partial charge in [-0.25, -0.2) is 4.79 Å². The molecule has 0 aliphatic rings. The predicted molar refractivity (Wildman–Crippen MR) is 99.1 cm³/mol. The number of carbonyl (C=O) groups is 3. The van der Waals surface area contributed by atoms with Crippen LogP contribution in [0.5, 0.6) is 0 Å². The van der Waals surface area contributed by atoms with Crippen LogP contribution in [0.15, 0.2) is 4.99 Å². The van der Waals surface area contributed by atoms with Gasteiger partial charge in [0, 0.05) is 6.54 Å². The number of guanidine groups is 1. The zero-order valence-electron chi connectivity index (χ0n) is 15.9. The highest BCUT2D eigenvalue weighted by Gasteiger charge is 2.30. The fourth-order valence-electron chi connectivity index (χ4n) is 2.11. The molecule has 3 atom stereocenters. The lowest BCUT2D eigenvalue weighted by Gasteiger charge is -2.26. The van der Waals surface area contributed by atoms with E-state index in [9.17, 15) is 19.5 Å². The van der Waals surface area contributed by atoms with E-state index in [1.54, 1.807) is 27.7 Å². The van der Waals surface area contributed by atoms with Crippen LogP contribution in [0.2, 0.25) is 0 Å². The van der Waals surface area contributed by atoms with Crippen LogP contribution in [0.1, 0.15) is 40.5 Å². The number of carbonyl (C=O) groups excluding carboxylic acids is 2. The molecule has 0 rings (SSSR count). The van der Waals surface area contributed by atoms with E-state index in [0.29, 0.717) is 6.42 Å². The van der Waals surface area contributed by atoms with Gasteiger partial charge in [0.05, 0.1) is 6.04 Å². The van der Waals surface area contributed by atoms with Gasteiger partial charge >= 0.3 is 5.97 Å². The highest BCUT2D eigenvalue weighted by Crippen LogP contribution is 2.07. The summed E-state index contributed by atoms with van der Waals surface area (Å²) in [6, 6.07) is -2.74. The highest BCUT2D eigenvalue weighted by molar-refractivity contribution is 5.92. The quantitative estimate of drug-likeness (QED) is 0.148. The number of carboxylic acids is 1. The number of nitrogens with one attached hydrogen (secondary N) is 2. The summed E-state index contributed by atoms with van der Waals surface area (Å²) >= 11 is 0. The van der Waals surface area contributed by atoms with Crippen molar-refractivity contribution in [3.05, 3.63) is 0 Å². The van der Waals surface area contributed by atoms with Gasteiger partial charge in [-0.2, -0.15) is 0 Å². The number of amides is 2. The molecule has 0 bridgehead atoms. The second kappa shape index (κ2) is 11.3. The molecule has 0 fully saturated rings. The summed E-state index contributed by atoms with van der Waals surface area (Å²) in [6.07, 6.45) is 0.536. The number of carboxylic acid groups (broad SMARTS) is 1. The number of hydrogen-bond donors (Lipinski definition) is 6. The Hall–Kier alpha value is -2.36. The molecular formula is C16H32N6O4. The van der Waals surface area contributed by atoms with Gasteiger partial charge in [0.2, 0.25) is 11.8 Å². The van der Waals surface area contributed by atoms with Crippen molar-refractivity contribution in [2.45, 2.75) is 58.7 Å². The largest absolute Gasteiger partial charge is 0.480 e. The van der Waals surface area contributed by atoms with Gasteiger partial charge in [0.15, 0.2) is 5.96 Å². The molecule has 0 aromatic heterocycles.